The number of piperidine rings is 1. The Hall–Kier alpha value is -1.31. The summed E-state index contributed by atoms with van der Waals surface area (Å²) in [5, 5.41) is 0. The van der Waals surface area contributed by atoms with Gasteiger partial charge in [-0.15, -0.1) is 0 Å². The molecule has 0 aromatic heterocycles. The number of ether oxygens (including phenoxy) is 1. The van der Waals surface area contributed by atoms with Crippen LogP contribution < -0.4 is 14.4 Å². The van der Waals surface area contributed by atoms with Crippen molar-refractivity contribution in [2.24, 2.45) is 0 Å². The van der Waals surface area contributed by atoms with Gasteiger partial charge in [0.05, 0.1) is 7.11 Å². The Balaban J connectivity index is 1.90. The summed E-state index contributed by atoms with van der Waals surface area (Å²) in [4.78, 5) is 2.28. The van der Waals surface area contributed by atoms with Gasteiger partial charge in [-0.3, -0.25) is 0 Å². The van der Waals surface area contributed by atoms with Crippen LogP contribution in [-0.2, 0) is 10.2 Å². The maximum Gasteiger partial charge on any atom is 0.279 e. The van der Waals surface area contributed by atoms with E-state index in [1.807, 2.05) is 38.1 Å². The first-order valence-corrected chi connectivity index (χ1v) is 9.60. The Kier molecular flexibility index (Phi) is 6.26. The minimum Gasteiger partial charge on any atom is -0.497 e. The quantitative estimate of drug-likeness (QED) is 0.822. The standard InChI is InChI=1S/C16H27N3O3S/c1-4-19(5-2)23(20,21)17-14-10-12-18(13-11-14)15-6-8-16(22-3)9-7-15/h6-9,14,17H,4-5,10-13H2,1-3H3. The Labute approximate surface area is 139 Å². The lowest BCUT2D eigenvalue weighted by molar-refractivity contribution is 0.405. The van der Waals surface area contributed by atoms with Crippen LogP contribution in [0.2, 0.25) is 0 Å². The number of hydrogen-bond acceptors (Lipinski definition) is 4. The van der Waals surface area contributed by atoms with Crippen molar-refractivity contribution in [3.8, 4) is 5.75 Å². The van der Waals surface area contributed by atoms with Gasteiger partial charge in [0.25, 0.3) is 10.2 Å². The van der Waals surface area contributed by atoms with Crippen LogP contribution in [0.4, 0.5) is 5.69 Å². The number of methoxy groups -OCH3 is 1. The molecule has 1 fully saturated rings. The SMILES string of the molecule is CCN(CC)S(=O)(=O)NC1CCN(c2ccc(OC)cc2)CC1. The summed E-state index contributed by atoms with van der Waals surface area (Å²) in [7, 11) is -1.71. The molecule has 1 heterocycles. The summed E-state index contributed by atoms with van der Waals surface area (Å²) in [5.74, 6) is 0.843. The van der Waals surface area contributed by atoms with Crippen molar-refractivity contribution >= 4 is 15.9 Å². The lowest BCUT2D eigenvalue weighted by atomic mass is 10.1. The highest BCUT2D eigenvalue weighted by atomic mass is 32.2. The van der Waals surface area contributed by atoms with E-state index in [0.717, 1.165) is 37.4 Å². The zero-order valence-corrected chi connectivity index (χ0v) is 15.0. The fourth-order valence-corrected chi connectivity index (χ4v) is 4.38. The third-order valence-corrected chi connectivity index (χ3v) is 6.12. The molecule has 1 aliphatic rings. The molecular formula is C16H27N3O3S. The largest absolute Gasteiger partial charge is 0.497 e. The van der Waals surface area contributed by atoms with E-state index < -0.39 is 10.2 Å². The van der Waals surface area contributed by atoms with Crippen LogP contribution in [-0.4, -0.2) is 52.1 Å². The Morgan fingerprint density at radius 1 is 1.17 bits per heavy atom. The molecule has 23 heavy (non-hydrogen) atoms. The van der Waals surface area contributed by atoms with E-state index in [2.05, 4.69) is 9.62 Å². The number of anilines is 1. The smallest absolute Gasteiger partial charge is 0.279 e. The van der Waals surface area contributed by atoms with E-state index in [0.29, 0.717) is 13.1 Å². The second kappa shape index (κ2) is 7.99. The van der Waals surface area contributed by atoms with E-state index in [1.54, 1.807) is 7.11 Å². The van der Waals surface area contributed by atoms with Gasteiger partial charge in [0.1, 0.15) is 5.75 Å². The monoisotopic (exact) mass is 341 g/mol. The van der Waals surface area contributed by atoms with Crippen LogP contribution in [0.15, 0.2) is 24.3 Å². The number of rotatable bonds is 7. The fourth-order valence-electron chi connectivity index (χ4n) is 2.90. The van der Waals surface area contributed by atoms with Crippen molar-refractivity contribution in [1.29, 1.82) is 0 Å². The molecule has 6 nitrogen and oxygen atoms in total. The molecule has 0 aliphatic carbocycles. The van der Waals surface area contributed by atoms with Gasteiger partial charge in [-0.05, 0) is 37.1 Å². The first-order valence-electron chi connectivity index (χ1n) is 8.16. The second-order valence-corrected chi connectivity index (χ2v) is 7.37. The van der Waals surface area contributed by atoms with Gasteiger partial charge in [-0.25, -0.2) is 0 Å². The van der Waals surface area contributed by atoms with Gasteiger partial charge >= 0.3 is 0 Å². The molecule has 0 radical (unpaired) electrons. The molecular weight excluding hydrogens is 314 g/mol. The lowest BCUT2D eigenvalue weighted by Gasteiger charge is -2.34. The van der Waals surface area contributed by atoms with E-state index >= 15 is 0 Å². The Morgan fingerprint density at radius 3 is 2.22 bits per heavy atom. The van der Waals surface area contributed by atoms with Crippen LogP contribution >= 0.6 is 0 Å². The van der Waals surface area contributed by atoms with E-state index in [9.17, 15) is 8.42 Å². The van der Waals surface area contributed by atoms with Gasteiger partial charge < -0.3 is 9.64 Å². The van der Waals surface area contributed by atoms with Gasteiger partial charge in [0.15, 0.2) is 0 Å². The first-order chi connectivity index (χ1) is 11.0. The summed E-state index contributed by atoms with van der Waals surface area (Å²) in [6.45, 7) is 6.40. The minimum absolute atomic E-state index is 0.00935. The molecule has 0 bridgehead atoms. The number of nitrogens with zero attached hydrogens (tertiary/aromatic N) is 2. The molecule has 2 rings (SSSR count). The molecule has 1 N–H and O–H groups in total. The zero-order chi connectivity index (χ0) is 16.9. The summed E-state index contributed by atoms with van der Waals surface area (Å²) in [6, 6.07) is 7.99. The van der Waals surface area contributed by atoms with Crippen molar-refractivity contribution in [2.75, 3.05) is 38.2 Å². The molecule has 0 saturated carbocycles. The van der Waals surface area contributed by atoms with E-state index in [4.69, 9.17) is 4.74 Å². The minimum atomic E-state index is -3.36. The molecule has 130 valence electrons. The van der Waals surface area contributed by atoms with Crippen molar-refractivity contribution in [3.63, 3.8) is 0 Å². The van der Waals surface area contributed by atoms with Gasteiger partial charge in [-0.2, -0.15) is 17.4 Å². The molecule has 1 saturated heterocycles. The van der Waals surface area contributed by atoms with Gasteiger partial charge in [0, 0.05) is 37.9 Å². The third kappa shape index (κ3) is 4.59. The van der Waals surface area contributed by atoms with Crippen molar-refractivity contribution in [1.82, 2.24) is 9.03 Å². The van der Waals surface area contributed by atoms with Crippen molar-refractivity contribution in [2.45, 2.75) is 32.7 Å². The molecule has 0 atom stereocenters. The normalized spacial score (nSPS) is 16.8. The predicted octanol–water partition coefficient (Wildman–Crippen LogP) is 1.84. The highest BCUT2D eigenvalue weighted by Crippen LogP contribution is 2.23. The molecule has 1 aromatic rings. The molecule has 1 aliphatic heterocycles. The highest BCUT2D eigenvalue weighted by Gasteiger charge is 2.26. The van der Waals surface area contributed by atoms with Crippen LogP contribution in [0.5, 0.6) is 5.75 Å². The first kappa shape index (κ1) is 18.0. The average molecular weight is 341 g/mol. The third-order valence-electron chi connectivity index (χ3n) is 4.29. The zero-order valence-electron chi connectivity index (χ0n) is 14.2. The summed E-state index contributed by atoms with van der Waals surface area (Å²) >= 11 is 0. The van der Waals surface area contributed by atoms with E-state index in [1.165, 1.54) is 4.31 Å². The van der Waals surface area contributed by atoms with Gasteiger partial charge in [-0.1, -0.05) is 13.8 Å². The molecule has 0 unspecified atom stereocenters. The van der Waals surface area contributed by atoms with Crippen LogP contribution in [0.25, 0.3) is 0 Å². The average Bonchev–Trinajstić information content (AvgIpc) is 2.56. The molecule has 7 heteroatoms. The van der Waals surface area contributed by atoms with Crippen LogP contribution in [0.3, 0.4) is 0 Å². The number of benzene rings is 1. The molecule has 1 aromatic carbocycles. The topological polar surface area (TPSA) is 61.9 Å². The van der Waals surface area contributed by atoms with E-state index in [-0.39, 0.29) is 6.04 Å². The fraction of sp³-hybridized carbons (Fsp3) is 0.625. The molecule has 0 amide bonds. The van der Waals surface area contributed by atoms with Crippen LogP contribution in [0.1, 0.15) is 26.7 Å². The predicted molar refractivity (Wildman–Crippen MR) is 93.2 cm³/mol. The summed E-state index contributed by atoms with van der Waals surface area (Å²) < 4.78 is 34.0. The van der Waals surface area contributed by atoms with Gasteiger partial charge in [0.2, 0.25) is 0 Å². The maximum atomic E-state index is 12.3. The molecule has 0 spiro atoms. The van der Waals surface area contributed by atoms with Crippen molar-refractivity contribution in [3.05, 3.63) is 24.3 Å². The van der Waals surface area contributed by atoms with Crippen LogP contribution in [0, 0.1) is 0 Å². The maximum absolute atomic E-state index is 12.3. The second-order valence-electron chi connectivity index (χ2n) is 5.67. The highest BCUT2D eigenvalue weighted by molar-refractivity contribution is 7.87. The summed E-state index contributed by atoms with van der Waals surface area (Å²) in [5.41, 5.74) is 1.15. The number of nitrogens with one attached hydrogen (secondary N) is 1. The summed E-state index contributed by atoms with van der Waals surface area (Å²) in [6.07, 6.45) is 1.62. The number of hydrogen-bond donors (Lipinski definition) is 1. The lowest BCUT2D eigenvalue weighted by Crippen LogP contribution is -2.49. The van der Waals surface area contributed by atoms with Crippen molar-refractivity contribution < 1.29 is 13.2 Å². The Bertz CT molecular complexity index is 577. The Morgan fingerprint density at radius 2 is 1.74 bits per heavy atom.